The molecular formula is C14H17NO4. The summed E-state index contributed by atoms with van der Waals surface area (Å²) in [6.45, 7) is 0.888. The molecule has 0 unspecified atom stereocenters. The Morgan fingerprint density at radius 3 is 2.63 bits per heavy atom. The van der Waals surface area contributed by atoms with E-state index in [0.29, 0.717) is 13.1 Å². The smallest absolute Gasteiger partial charge is 0.308 e. The Labute approximate surface area is 111 Å². The second-order valence-corrected chi connectivity index (χ2v) is 4.68. The predicted molar refractivity (Wildman–Crippen MR) is 69.0 cm³/mol. The minimum Gasteiger partial charge on any atom is -0.497 e. The summed E-state index contributed by atoms with van der Waals surface area (Å²) in [5.74, 6) is -0.712. The Bertz CT molecular complexity index is 469. The number of hydrogen-bond acceptors (Lipinski definition) is 3. The molecule has 0 radical (unpaired) electrons. The second-order valence-electron chi connectivity index (χ2n) is 4.68. The van der Waals surface area contributed by atoms with Crippen LogP contribution >= 0.6 is 0 Å². The summed E-state index contributed by atoms with van der Waals surface area (Å²) in [5, 5.41) is 8.90. The van der Waals surface area contributed by atoms with Crippen molar-refractivity contribution in [3.63, 3.8) is 0 Å². The third-order valence-corrected chi connectivity index (χ3v) is 3.39. The van der Waals surface area contributed by atoms with Crippen LogP contribution in [0.2, 0.25) is 0 Å². The molecular weight excluding hydrogens is 246 g/mol. The van der Waals surface area contributed by atoms with Crippen LogP contribution in [0.4, 0.5) is 0 Å². The average Bonchev–Trinajstić information content (AvgIpc) is 2.79. The quantitative estimate of drug-likeness (QED) is 0.866. The molecule has 1 aromatic carbocycles. The number of amides is 1. The highest BCUT2D eigenvalue weighted by Gasteiger charge is 2.33. The molecule has 5 heteroatoms. The van der Waals surface area contributed by atoms with Crippen LogP contribution in [0.3, 0.4) is 0 Å². The van der Waals surface area contributed by atoms with E-state index in [1.165, 1.54) is 0 Å². The molecule has 5 nitrogen and oxygen atoms in total. The van der Waals surface area contributed by atoms with Gasteiger partial charge in [0.25, 0.3) is 0 Å². The molecule has 19 heavy (non-hydrogen) atoms. The standard InChI is InChI=1S/C14H17NO4/c1-19-12-4-2-10(3-5-12)6-7-15-9-11(14(17)18)8-13(15)16/h2-5,11H,6-9H2,1H3,(H,17,18)/t11-/m0/s1. The van der Waals surface area contributed by atoms with E-state index in [-0.39, 0.29) is 12.3 Å². The number of ether oxygens (including phenoxy) is 1. The van der Waals surface area contributed by atoms with Gasteiger partial charge in [-0.2, -0.15) is 0 Å². The van der Waals surface area contributed by atoms with Gasteiger partial charge in [0.05, 0.1) is 13.0 Å². The van der Waals surface area contributed by atoms with Crippen molar-refractivity contribution in [1.82, 2.24) is 4.90 Å². The summed E-state index contributed by atoms with van der Waals surface area (Å²) in [4.78, 5) is 24.1. The van der Waals surface area contributed by atoms with Crippen molar-refractivity contribution >= 4 is 11.9 Å². The summed E-state index contributed by atoms with van der Waals surface area (Å²) < 4.78 is 5.07. The lowest BCUT2D eigenvalue weighted by Gasteiger charge is -2.15. The zero-order valence-corrected chi connectivity index (χ0v) is 10.8. The number of benzene rings is 1. The molecule has 1 aromatic rings. The Morgan fingerprint density at radius 1 is 1.42 bits per heavy atom. The Hall–Kier alpha value is -2.04. The van der Waals surface area contributed by atoms with Crippen molar-refractivity contribution in [1.29, 1.82) is 0 Å². The van der Waals surface area contributed by atoms with Crippen molar-refractivity contribution in [2.75, 3.05) is 20.2 Å². The fourth-order valence-corrected chi connectivity index (χ4v) is 2.21. The van der Waals surface area contributed by atoms with Crippen molar-refractivity contribution in [2.24, 2.45) is 5.92 Å². The number of methoxy groups -OCH3 is 1. The molecule has 0 aliphatic carbocycles. The maximum Gasteiger partial charge on any atom is 0.308 e. The van der Waals surface area contributed by atoms with Gasteiger partial charge in [-0.1, -0.05) is 12.1 Å². The summed E-state index contributed by atoms with van der Waals surface area (Å²) >= 11 is 0. The van der Waals surface area contributed by atoms with Crippen molar-refractivity contribution in [2.45, 2.75) is 12.8 Å². The molecule has 1 saturated heterocycles. The predicted octanol–water partition coefficient (Wildman–Crippen LogP) is 1.17. The van der Waals surface area contributed by atoms with E-state index in [1.807, 2.05) is 24.3 Å². The Kier molecular flexibility index (Phi) is 4.04. The largest absolute Gasteiger partial charge is 0.497 e. The van der Waals surface area contributed by atoms with Crippen LogP contribution in [0, 0.1) is 5.92 Å². The first-order valence-corrected chi connectivity index (χ1v) is 6.23. The molecule has 1 amide bonds. The van der Waals surface area contributed by atoms with Gasteiger partial charge in [-0.05, 0) is 24.1 Å². The van der Waals surface area contributed by atoms with Crippen LogP contribution in [-0.4, -0.2) is 42.1 Å². The third-order valence-electron chi connectivity index (χ3n) is 3.39. The molecule has 1 atom stereocenters. The van der Waals surface area contributed by atoms with Crippen LogP contribution in [-0.2, 0) is 16.0 Å². The van der Waals surface area contributed by atoms with Gasteiger partial charge in [-0.15, -0.1) is 0 Å². The topological polar surface area (TPSA) is 66.8 Å². The Morgan fingerprint density at radius 2 is 2.11 bits per heavy atom. The van der Waals surface area contributed by atoms with E-state index in [4.69, 9.17) is 9.84 Å². The van der Waals surface area contributed by atoms with Gasteiger partial charge in [0.1, 0.15) is 5.75 Å². The van der Waals surface area contributed by atoms with E-state index in [2.05, 4.69) is 0 Å². The number of rotatable bonds is 5. The lowest BCUT2D eigenvalue weighted by Crippen LogP contribution is -2.28. The molecule has 1 fully saturated rings. The molecule has 0 aromatic heterocycles. The number of carboxylic acids is 1. The number of carboxylic acid groups (broad SMARTS) is 1. The van der Waals surface area contributed by atoms with E-state index in [0.717, 1.165) is 17.7 Å². The number of nitrogens with zero attached hydrogens (tertiary/aromatic N) is 1. The minimum atomic E-state index is -0.889. The molecule has 2 rings (SSSR count). The van der Waals surface area contributed by atoms with Crippen molar-refractivity contribution in [3.8, 4) is 5.75 Å². The van der Waals surface area contributed by atoms with Crippen LogP contribution in [0.5, 0.6) is 5.75 Å². The first-order chi connectivity index (χ1) is 9.10. The fourth-order valence-electron chi connectivity index (χ4n) is 2.21. The number of carbonyl (C=O) groups is 2. The van der Waals surface area contributed by atoms with Gasteiger partial charge >= 0.3 is 5.97 Å². The van der Waals surface area contributed by atoms with Crippen LogP contribution in [0.25, 0.3) is 0 Å². The van der Waals surface area contributed by atoms with Gasteiger partial charge in [0, 0.05) is 19.5 Å². The molecule has 1 aliphatic rings. The van der Waals surface area contributed by atoms with Gasteiger partial charge in [0.15, 0.2) is 0 Å². The van der Waals surface area contributed by atoms with E-state index < -0.39 is 11.9 Å². The Balaban J connectivity index is 1.88. The third kappa shape index (κ3) is 3.24. The van der Waals surface area contributed by atoms with Gasteiger partial charge in [-0.3, -0.25) is 9.59 Å². The van der Waals surface area contributed by atoms with Gasteiger partial charge < -0.3 is 14.7 Å². The summed E-state index contributed by atoms with van der Waals surface area (Å²) in [7, 11) is 1.62. The number of carbonyl (C=O) groups excluding carboxylic acids is 1. The lowest BCUT2D eigenvalue weighted by molar-refractivity contribution is -0.141. The molecule has 1 N–H and O–H groups in total. The normalized spacial score (nSPS) is 18.7. The summed E-state index contributed by atoms with van der Waals surface area (Å²) in [6, 6.07) is 7.66. The minimum absolute atomic E-state index is 0.0686. The first-order valence-electron chi connectivity index (χ1n) is 6.23. The number of aliphatic carboxylic acids is 1. The zero-order chi connectivity index (χ0) is 13.8. The first kappa shape index (κ1) is 13.4. The summed E-state index contributed by atoms with van der Waals surface area (Å²) in [6.07, 6.45) is 0.847. The average molecular weight is 263 g/mol. The molecule has 1 heterocycles. The SMILES string of the molecule is COc1ccc(CCN2C[C@@H](C(=O)O)CC2=O)cc1. The van der Waals surface area contributed by atoms with E-state index in [1.54, 1.807) is 12.0 Å². The lowest BCUT2D eigenvalue weighted by atomic mass is 10.1. The highest BCUT2D eigenvalue weighted by Crippen LogP contribution is 2.19. The van der Waals surface area contributed by atoms with Crippen LogP contribution < -0.4 is 4.74 Å². The van der Waals surface area contributed by atoms with E-state index in [9.17, 15) is 9.59 Å². The molecule has 0 saturated carbocycles. The van der Waals surface area contributed by atoms with Gasteiger partial charge in [0.2, 0.25) is 5.91 Å². The molecule has 1 aliphatic heterocycles. The van der Waals surface area contributed by atoms with Crippen molar-refractivity contribution in [3.05, 3.63) is 29.8 Å². The molecule has 102 valence electrons. The molecule has 0 spiro atoms. The highest BCUT2D eigenvalue weighted by atomic mass is 16.5. The summed E-state index contributed by atoms with van der Waals surface area (Å²) in [5.41, 5.74) is 1.10. The highest BCUT2D eigenvalue weighted by molar-refractivity contribution is 5.86. The fraction of sp³-hybridized carbons (Fsp3) is 0.429. The monoisotopic (exact) mass is 263 g/mol. The van der Waals surface area contributed by atoms with Gasteiger partial charge in [-0.25, -0.2) is 0 Å². The van der Waals surface area contributed by atoms with Crippen LogP contribution in [0.1, 0.15) is 12.0 Å². The second kappa shape index (κ2) is 5.73. The maximum absolute atomic E-state index is 11.7. The van der Waals surface area contributed by atoms with Crippen LogP contribution in [0.15, 0.2) is 24.3 Å². The zero-order valence-electron chi connectivity index (χ0n) is 10.8. The molecule has 0 bridgehead atoms. The van der Waals surface area contributed by atoms with E-state index >= 15 is 0 Å². The maximum atomic E-state index is 11.7. The van der Waals surface area contributed by atoms with Crippen molar-refractivity contribution < 1.29 is 19.4 Å². The number of likely N-dealkylation sites (tertiary alicyclic amines) is 1. The number of hydrogen-bond donors (Lipinski definition) is 1.